The Balaban J connectivity index is 1.40. The predicted molar refractivity (Wildman–Crippen MR) is 128 cm³/mol. The van der Waals surface area contributed by atoms with E-state index in [0.717, 1.165) is 31.5 Å². The van der Waals surface area contributed by atoms with Crippen molar-refractivity contribution in [1.29, 1.82) is 0 Å². The number of guanidine groups is 1. The third-order valence-electron chi connectivity index (χ3n) is 6.60. The van der Waals surface area contributed by atoms with Gasteiger partial charge in [0, 0.05) is 23.8 Å². The number of benzene rings is 1. The lowest BCUT2D eigenvalue weighted by Gasteiger charge is -2.07. The molecule has 32 heavy (non-hydrogen) atoms. The number of rotatable bonds is 11. The van der Waals surface area contributed by atoms with Crippen molar-refractivity contribution >= 4 is 16.9 Å². The summed E-state index contributed by atoms with van der Waals surface area (Å²) < 4.78 is 9.89. The average molecular weight is 438 g/mol. The van der Waals surface area contributed by atoms with Crippen LogP contribution < -0.4 is 11.5 Å². The molecule has 1 aliphatic rings. The molecule has 7 heteroatoms. The summed E-state index contributed by atoms with van der Waals surface area (Å²) in [6.45, 7) is 4.13. The second-order valence-electron chi connectivity index (χ2n) is 8.99. The summed E-state index contributed by atoms with van der Waals surface area (Å²) in [5, 5.41) is 5.49. The largest absolute Gasteiger partial charge is 0.347 e. The van der Waals surface area contributed by atoms with E-state index in [1.165, 1.54) is 62.3 Å². The lowest BCUT2D eigenvalue weighted by molar-refractivity contribution is -0.555. The van der Waals surface area contributed by atoms with Crippen LogP contribution in [-0.2, 0) is 6.54 Å². The molecule has 4 N–H and O–H groups in total. The van der Waals surface area contributed by atoms with Gasteiger partial charge < -0.3 is 9.09 Å². The summed E-state index contributed by atoms with van der Waals surface area (Å²) in [6.07, 6.45) is 14.8. The molecule has 3 aromatic rings. The standard InChI is InChI=1S/C25H36N6O/c1-2-3-4-5-6-7-8-9-15-30-17-14-19-12-13-20(18-22(19)30)23-28-24(32-29-23)21-11-10-16-31(21)25(26)27/h12-14,17-18,21H,2-11,15-16H2,1H3,(H3,26,27)/p+1/t21-/m0/s1. The van der Waals surface area contributed by atoms with Crippen molar-refractivity contribution in [3.63, 3.8) is 0 Å². The van der Waals surface area contributed by atoms with E-state index in [0.29, 0.717) is 17.7 Å². The maximum atomic E-state index is 5.82. The first-order valence-corrected chi connectivity index (χ1v) is 12.2. The summed E-state index contributed by atoms with van der Waals surface area (Å²) in [4.78, 5) is 4.68. The van der Waals surface area contributed by atoms with E-state index in [2.05, 4.69) is 52.1 Å². The molecule has 0 radical (unpaired) electrons. The van der Waals surface area contributed by atoms with Crippen LogP contribution in [0.1, 0.15) is 83.1 Å². The summed E-state index contributed by atoms with van der Waals surface area (Å²) in [6, 6.07) is 8.52. The molecule has 3 heterocycles. The molecule has 1 aliphatic heterocycles. The molecule has 7 nitrogen and oxygen atoms in total. The Labute approximate surface area is 190 Å². The Morgan fingerprint density at radius 2 is 1.88 bits per heavy atom. The summed E-state index contributed by atoms with van der Waals surface area (Å²) in [5.41, 5.74) is 13.8. The normalized spacial score (nSPS) is 16.3. The molecule has 0 spiro atoms. The summed E-state index contributed by atoms with van der Waals surface area (Å²) in [7, 11) is 0. The monoisotopic (exact) mass is 437 g/mol. The fourth-order valence-corrected chi connectivity index (χ4v) is 4.75. The first-order chi connectivity index (χ1) is 15.7. The Kier molecular flexibility index (Phi) is 7.45. The smallest absolute Gasteiger partial charge is 0.341 e. The van der Waals surface area contributed by atoms with Crippen LogP contribution in [0.15, 0.2) is 35.0 Å². The maximum absolute atomic E-state index is 5.82. The average Bonchev–Trinajstić information content (AvgIpc) is 3.54. The van der Waals surface area contributed by atoms with E-state index < -0.39 is 0 Å². The van der Waals surface area contributed by atoms with Crippen molar-refractivity contribution < 1.29 is 9.10 Å². The molecule has 4 rings (SSSR count). The number of fused-ring (bicyclic) bond motifs is 1. The number of aromatic nitrogens is 3. The predicted octanol–water partition coefficient (Wildman–Crippen LogP) is 4.95. The molecule has 1 aromatic carbocycles. The SMILES string of the molecule is CCCCCCCCCCn1ccc2ccc(-c3noc([C@@H]4CCC[N+]4=C(N)N)n3)cc21. The number of unbranched alkanes of at least 4 members (excludes halogenated alkanes) is 7. The van der Waals surface area contributed by atoms with E-state index in [4.69, 9.17) is 16.0 Å². The Morgan fingerprint density at radius 3 is 2.66 bits per heavy atom. The van der Waals surface area contributed by atoms with Gasteiger partial charge in [0.15, 0.2) is 6.04 Å². The quantitative estimate of drug-likeness (QED) is 0.251. The van der Waals surface area contributed by atoms with Crippen molar-refractivity contribution in [2.24, 2.45) is 11.5 Å². The van der Waals surface area contributed by atoms with Crippen molar-refractivity contribution in [3.8, 4) is 11.4 Å². The van der Waals surface area contributed by atoms with Gasteiger partial charge in [-0.2, -0.15) is 4.98 Å². The Bertz CT molecular complexity index is 1050. The summed E-state index contributed by atoms with van der Waals surface area (Å²) in [5.74, 6) is 1.51. The first-order valence-electron chi connectivity index (χ1n) is 12.2. The van der Waals surface area contributed by atoms with Crippen LogP contribution in [0.25, 0.3) is 22.3 Å². The number of hydrogen-bond donors (Lipinski definition) is 2. The minimum absolute atomic E-state index is 0.0317. The van der Waals surface area contributed by atoms with Crippen LogP contribution in [-0.4, -0.2) is 31.8 Å². The molecular formula is C25H37N6O+. The van der Waals surface area contributed by atoms with Crippen molar-refractivity contribution in [3.05, 3.63) is 36.4 Å². The van der Waals surface area contributed by atoms with Crippen LogP contribution >= 0.6 is 0 Å². The van der Waals surface area contributed by atoms with Gasteiger partial charge >= 0.3 is 5.96 Å². The minimum Gasteiger partial charge on any atom is -0.347 e. The third kappa shape index (κ3) is 5.14. The van der Waals surface area contributed by atoms with Gasteiger partial charge in [0.2, 0.25) is 5.82 Å². The third-order valence-corrected chi connectivity index (χ3v) is 6.60. The van der Waals surface area contributed by atoms with Crippen molar-refractivity contribution in [2.75, 3.05) is 6.54 Å². The molecular weight excluding hydrogens is 400 g/mol. The second kappa shape index (κ2) is 10.7. The molecule has 0 bridgehead atoms. The van der Waals surface area contributed by atoms with E-state index >= 15 is 0 Å². The van der Waals surface area contributed by atoms with Crippen LogP contribution in [0.3, 0.4) is 0 Å². The number of nitrogens with two attached hydrogens (primary N) is 2. The van der Waals surface area contributed by atoms with Gasteiger partial charge in [-0.1, -0.05) is 69.2 Å². The Hall–Kier alpha value is -2.83. The van der Waals surface area contributed by atoms with Crippen LogP contribution in [0, 0.1) is 0 Å². The topological polar surface area (TPSA) is 98.9 Å². The van der Waals surface area contributed by atoms with Gasteiger partial charge in [-0.25, -0.2) is 0 Å². The lowest BCUT2D eigenvalue weighted by atomic mass is 10.1. The molecule has 172 valence electrons. The van der Waals surface area contributed by atoms with Crippen molar-refractivity contribution in [1.82, 2.24) is 14.7 Å². The van der Waals surface area contributed by atoms with Gasteiger partial charge in [0.25, 0.3) is 5.89 Å². The molecule has 1 atom stereocenters. The number of nitrogens with zero attached hydrogens (tertiary/aromatic N) is 4. The molecule has 0 saturated carbocycles. The summed E-state index contributed by atoms with van der Waals surface area (Å²) >= 11 is 0. The van der Waals surface area contributed by atoms with Crippen molar-refractivity contribution in [2.45, 2.75) is 83.7 Å². The maximum Gasteiger partial charge on any atom is 0.341 e. The fraction of sp³-hybridized carbons (Fsp3) is 0.560. The Morgan fingerprint density at radius 1 is 1.09 bits per heavy atom. The highest BCUT2D eigenvalue weighted by Crippen LogP contribution is 2.30. The van der Waals surface area contributed by atoms with E-state index in [1.54, 1.807) is 0 Å². The minimum atomic E-state index is -0.0317. The van der Waals surface area contributed by atoms with E-state index in [9.17, 15) is 0 Å². The van der Waals surface area contributed by atoms with Gasteiger partial charge in [0.05, 0.1) is 6.54 Å². The molecule has 0 amide bonds. The van der Waals surface area contributed by atoms with Gasteiger partial charge in [-0.15, -0.1) is 0 Å². The second-order valence-corrected chi connectivity index (χ2v) is 8.99. The van der Waals surface area contributed by atoms with E-state index in [1.807, 2.05) is 4.58 Å². The first kappa shape index (κ1) is 22.4. The fourth-order valence-electron chi connectivity index (χ4n) is 4.75. The van der Waals surface area contributed by atoms with E-state index in [-0.39, 0.29) is 6.04 Å². The molecule has 1 saturated heterocycles. The zero-order chi connectivity index (χ0) is 22.3. The number of aryl methyl sites for hydroxylation is 1. The van der Waals surface area contributed by atoms with Gasteiger partial charge in [-0.05, 0) is 36.8 Å². The van der Waals surface area contributed by atoms with Crippen LogP contribution in [0.5, 0.6) is 0 Å². The zero-order valence-electron chi connectivity index (χ0n) is 19.3. The van der Waals surface area contributed by atoms with Gasteiger partial charge in [-0.3, -0.25) is 16.0 Å². The highest BCUT2D eigenvalue weighted by atomic mass is 16.5. The molecule has 0 unspecified atom stereocenters. The number of hydrogen-bond acceptors (Lipinski definition) is 3. The van der Waals surface area contributed by atoms with Crippen LogP contribution in [0.2, 0.25) is 0 Å². The van der Waals surface area contributed by atoms with Crippen LogP contribution in [0.4, 0.5) is 0 Å². The lowest BCUT2D eigenvalue weighted by Crippen LogP contribution is -2.35. The van der Waals surface area contributed by atoms with Gasteiger partial charge in [0.1, 0.15) is 0 Å². The molecule has 2 aromatic heterocycles. The highest BCUT2D eigenvalue weighted by Gasteiger charge is 2.31. The molecule has 1 fully saturated rings. The zero-order valence-corrected chi connectivity index (χ0v) is 19.3. The highest BCUT2D eigenvalue weighted by molar-refractivity contribution is 5.84. The molecule has 0 aliphatic carbocycles.